The van der Waals surface area contributed by atoms with Crippen molar-refractivity contribution in [1.29, 1.82) is 0 Å². The minimum atomic E-state index is 0. The third-order valence-electron chi connectivity index (χ3n) is 1.59. The Morgan fingerprint density at radius 2 is 2.33 bits per heavy atom. The fourth-order valence-electron chi connectivity index (χ4n) is 0.992. The van der Waals surface area contributed by atoms with Crippen LogP contribution in [0.25, 0.3) is 0 Å². The fraction of sp³-hybridized carbons (Fsp3) is 0.625. The van der Waals surface area contributed by atoms with E-state index in [1.54, 1.807) is 7.11 Å². The zero-order valence-corrected chi connectivity index (χ0v) is 8.74. The highest BCUT2D eigenvalue weighted by molar-refractivity contribution is 7.59. The summed E-state index contributed by atoms with van der Waals surface area (Å²) in [4.78, 5) is 0. The lowest BCUT2D eigenvalue weighted by Gasteiger charge is -2.09. The molecule has 0 aliphatic heterocycles. The average Bonchev–Trinajstić information content (AvgIpc) is 2.36. The summed E-state index contributed by atoms with van der Waals surface area (Å²) < 4.78 is 6.92. The van der Waals surface area contributed by atoms with Crippen LogP contribution in [0.15, 0.2) is 12.4 Å². The Hall–Kier alpha value is -0.480. The molecule has 1 heterocycles. The average molecular weight is 188 g/mol. The number of methoxy groups -OCH3 is 1. The van der Waals surface area contributed by atoms with E-state index >= 15 is 0 Å². The maximum Gasteiger partial charge on any atom is 0.0724 e. The van der Waals surface area contributed by atoms with E-state index in [9.17, 15) is 0 Å². The largest absolute Gasteiger partial charge is 0.382 e. The van der Waals surface area contributed by atoms with Crippen LogP contribution in [-0.2, 0) is 4.74 Å². The van der Waals surface area contributed by atoms with Crippen LogP contribution < -0.4 is 0 Å². The smallest absolute Gasteiger partial charge is 0.0724 e. The van der Waals surface area contributed by atoms with E-state index in [0.29, 0.717) is 12.6 Å². The highest BCUT2D eigenvalue weighted by Gasteiger charge is 2.03. The van der Waals surface area contributed by atoms with E-state index in [0.717, 1.165) is 0 Å². The third kappa shape index (κ3) is 2.87. The molecule has 70 valence electrons. The molecule has 0 unspecified atom stereocenters. The number of aryl methyl sites for hydroxylation is 1. The maximum atomic E-state index is 5.01. The van der Waals surface area contributed by atoms with Gasteiger partial charge in [-0.15, -0.1) is 0 Å². The molecule has 12 heavy (non-hydrogen) atoms. The third-order valence-corrected chi connectivity index (χ3v) is 1.59. The summed E-state index contributed by atoms with van der Waals surface area (Å²) in [7, 11) is 1.70. The first kappa shape index (κ1) is 11.5. The number of ether oxygens (including phenoxy) is 1. The summed E-state index contributed by atoms with van der Waals surface area (Å²) in [6.45, 7) is 4.82. The number of rotatable bonds is 3. The van der Waals surface area contributed by atoms with Gasteiger partial charge in [-0.1, -0.05) is 0 Å². The highest BCUT2D eigenvalue weighted by Crippen LogP contribution is 2.05. The first-order valence-corrected chi connectivity index (χ1v) is 3.73. The summed E-state index contributed by atoms with van der Waals surface area (Å²) in [5.41, 5.74) is 1.19. The molecule has 0 fully saturated rings. The molecule has 0 aliphatic carbocycles. The Morgan fingerprint density at radius 1 is 1.67 bits per heavy atom. The summed E-state index contributed by atoms with van der Waals surface area (Å²) in [5.74, 6) is 0. The standard InChI is InChI=1S/C8H14N2O.H2S/c1-7-4-9-10(5-7)8(2)6-11-3;/h4-5,8H,6H2,1-3H3;1H2/t8-;/m0./s1. The van der Waals surface area contributed by atoms with Crippen molar-refractivity contribution in [2.45, 2.75) is 19.9 Å². The maximum absolute atomic E-state index is 5.01. The first-order chi connectivity index (χ1) is 5.24. The molecule has 1 atom stereocenters. The Bertz CT molecular complexity index is 225. The molecule has 1 aromatic heterocycles. The van der Waals surface area contributed by atoms with Crippen LogP contribution in [0.5, 0.6) is 0 Å². The normalized spacial score (nSPS) is 12.2. The lowest BCUT2D eigenvalue weighted by atomic mass is 10.3. The molecule has 0 radical (unpaired) electrons. The van der Waals surface area contributed by atoms with Crippen molar-refractivity contribution in [2.75, 3.05) is 13.7 Å². The Balaban J connectivity index is 0.00000121. The van der Waals surface area contributed by atoms with Crippen LogP contribution in [0.2, 0.25) is 0 Å². The molecule has 1 rings (SSSR count). The van der Waals surface area contributed by atoms with Gasteiger partial charge in [0.1, 0.15) is 0 Å². The molecule has 0 N–H and O–H groups in total. The van der Waals surface area contributed by atoms with E-state index < -0.39 is 0 Å². The minimum absolute atomic E-state index is 0. The number of hydrogen-bond acceptors (Lipinski definition) is 2. The summed E-state index contributed by atoms with van der Waals surface area (Å²) in [6.07, 6.45) is 3.87. The van der Waals surface area contributed by atoms with Gasteiger partial charge in [-0.25, -0.2) is 0 Å². The Labute approximate surface area is 80.2 Å². The molecule has 0 saturated carbocycles. The van der Waals surface area contributed by atoms with Gasteiger partial charge in [0.05, 0.1) is 18.8 Å². The second kappa shape index (κ2) is 5.22. The lowest BCUT2D eigenvalue weighted by molar-refractivity contribution is 0.157. The van der Waals surface area contributed by atoms with Gasteiger partial charge >= 0.3 is 0 Å². The second-order valence-electron chi connectivity index (χ2n) is 2.80. The van der Waals surface area contributed by atoms with E-state index in [1.165, 1.54) is 5.56 Å². The van der Waals surface area contributed by atoms with Crippen molar-refractivity contribution in [3.63, 3.8) is 0 Å². The van der Waals surface area contributed by atoms with Crippen molar-refractivity contribution in [2.24, 2.45) is 0 Å². The van der Waals surface area contributed by atoms with Crippen LogP contribution in [0.3, 0.4) is 0 Å². The van der Waals surface area contributed by atoms with Crippen molar-refractivity contribution in [3.05, 3.63) is 18.0 Å². The number of aromatic nitrogens is 2. The quantitative estimate of drug-likeness (QED) is 0.719. The summed E-state index contributed by atoms with van der Waals surface area (Å²) >= 11 is 0. The van der Waals surface area contributed by atoms with Gasteiger partial charge in [-0.2, -0.15) is 18.6 Å². The molecule has 4 heteroatoms. The zero-order chi connectivity index (χ0) is 8.27. The summed E-state index contributed by atoms with van der Waals surface area (Å²) in [6, 6.07) is 0.327. The van der Waals surface area contributed by atoms with E-state index in [-0.39, 0.29) is 13.5 Å². The fourth-order valence-corrected chi connectivity index (χ4v) is 0.992. The SMILES string of the molecule is COC[C@H](C)n1cc(C)cn1.S. The predicted molar refractivity (Wildman–Crippen MR) is 53.9 cm³/mol. The molecule has 0 spiro atoms. The second-order valence-corrected chi connectivity index (χ2v) is 2.80. The van der Waals surface area contributed by atoms with Crippen LogP contribution >= 0.6 is 13.5 Å². The van der Waals surface area contributed by atoms with E-state index in [2.05, 4.69) is 12.0 Å². The monoisotopic (exact) mass is 188 g/mol. The van der Waals surface area contributed by atoms with E-state index in [1.807, 2.05) is 24.0 Å². The minimum Gasteiger partial charge on any atom is -0.382 e. The highest BCUT2D eigenvalue weighted by atomic mass is 32.1. The molecule has 0 bridgehead atoms. The lowest BCUT2D eigenvalue weighted by Crippen LogP contribution is -2.11. The van der Waals surface area contributed by atoms with Gasteiger partial charge in [0.2, 0.25) is 0 Å². The Kier molecular flexibility index (Phi) is 5.01. The van der Waals surface area contributed by atoms with E-state index in [4.69, 9.17) is 4.74 Å². The van der Waals surface area contributed by atoms with Crippen LogP contribution in [0.4, 0.5) is 0 Å². The topological polar surface area (TPSA) is 27.1 Å². The first-order valence-electron chi connectivity index (χ1n) is 3.73. The zero-order valence-electron chi connectivity index (χ0n) is 7.74. The van der Waals surface area contributed by atoms with Crippen LogP contribution in [0, 0.1) is 6.92 Å². The van der Waals surface area contributed by atoms with Gasteiger partial charge in [0.25, 0.3) is 0 Å². The van der Waals surface area contributed by atoms with Gasteiger partial charge in [0.15, 0.2) is 0 Å². The molecule has 3 nitrogen and oxygen atoms in total. The molecular formula is C8H16N2OS. The molecule has 0 aliphatic rings. The van der Waals surface area contributed by atoms with Crippen molar-refractivity contribution >= 4 is 13.5 Å². The summed E-state index contributed by atoms with van der Waals surface area (Å²) in [5, 5.41) is 4.17. The molecule has 0 saturated heterocycles. The number of hydrogen-bond donors (Lipinski definition) is 0. The Morgan fingerprint density at radius 3 is 2.75 bits per heavy atom. The van der Waals surface area contributed by atoms with Crippen LogP contribution in [0.1, 0.15) is 18.5 Å². The van der Waals surface area contributed by atoms with Crippen molar-refractivity contribution in [1.82, 2.24) is 9.78 Å². The van der Waals surface area contributed by atoms with Gasteiger partial charge < -0.3 is 4.74 Å². The molecule has 0 amide bonds. The number of nitrogens with zero attached hydrogens (tertiary/aromatic N) is 2. The molecule has 1 aromatic rings. The van der Waals surface area contributed by atoms with Crippen molar-refractivity contribution in [3.8, 4) is 0 Å². The van der Waals surface area contributed by atoms with Gasteiger partial charge in [-0.3, -0.25) is 4.68 Å². The van der Waals surface area contributed by atoms with Crippen molar-refractivity contribution < 1.29 is 4.74 Å². The van der Waals surface area contributed by atoms with Gasteiger partial charge in [0, 0.05) is 13.3 Å². The van der Waals surface area contributed by atoms with Crippen LogP contribution in [-0.4, -0.2) is 23.5 Å². The molecular weight excluding hydrogens is 172 g/mol. The molecule has 0 aromatic carbocycles. The predicted octanol–water partition coefficient (Wildman–Crippen LogP) is 1.51. The van der Waals surface area contributed by atoms with Gasteiger partial charge in [-0.05, 0) is 19.4 Å².